The molecule has 0 atom stereocenters. The number of nitrogens with zero attached hydrogens (tertiary/aromatic N) is 5. The van der Waals surface area contributed by atoms with Gasteiger partial charge in [0.15, 0.2) is 0 Å². The van der Waals surface area contributed by atoms with E-state index in [1.54, 1.807) is 12.0 Å². The van der Waals surface area contributed by atoms with E-state index in [0.717, 1.165) is 44.3 Å². The first kappa shape index (κ1) is 16.3. The first-order valence-electron chi connectivity index (χ1n) is 9.33. The van der Waals surface area contributed by atoms with Crippen LogP contribution in [0.4, 0.5) is 5.69 Å². The normalized spacial score (nSPS) is 19.5. The Morgan fingerprint density at radius 3 is 2.52 bits per heavy atom. The van der Waals surface area contributed by atoms with E-state index >= 15 is 0 Å². The van der Waals surface area contributed by atoms with Crippen LogP contribution in [0.15, 0.2) is 24.3 Å². The number of piperazine rings is 1. The lowest BCUT2D eigenvalue weighted by Gasteiger charge is -2.33. The third-order valence-corrected chi connectivity index (χ3v) is 5.55. The van der Waals surface area contributed by atoms with Crippen molar-refractivity contribution < 1.29 is 9.64 Å². The highest BCUT2D eigenvalue weighted by Gasteiger charge is 2.26. The average molecular weight is 343 g/mol. The zero-order valence-corrected chi connectivity index (χ0v) is 14.9. The summed E-state index contributed by atoms with van der Waals surface area (Å²) in [5.41, 5.74) is 1.27. The summed E-state index contributed by atoms with van der Waals surface area (Å²) >= 11 is 0. The molecule has 1 aliphatic carbocycles. The molecule has 4 rings (SSSR count). The Morgan fingerprint density at radius 1 is 1.12 bits per heavy atom. The maximum absolute atomic E-state index is 5.24. The maximum Gasteiger partial charge on any atom is 0.206 e. The Balaban J connectivity index is 1.34. The van der Waals surface area contributed by atoms with E-state index in [1.807, 2.05) is 12.1 Å². The van der Waals surface area contributed by atoms with E-state index in [9.17, 15) is 0 Å². The van der Waals surface area contributed by atoms with Crippen LogP contribution in [0.25, 0.3) is 0 Å². The highest BCUT2D eigenvalue weighted by atomic mass is 16.5. The topological polar surface area (TPSA) is 60.5 Å². The van der Waals surface area contributed by atoms with E-state index in [-0.39, 0.29) is 0 Å². The van der Waals surface area contributed by atoms with Gasteiger partial charge in [0, 0.05) is 5.69 Å². The fourth-order valence-electron chi connectivity index (χ4n) is 4.04. The van der Waals surface area contributed by atoms with E-state index in [1.165, 1.54) is 31.4 Å². The number of ether oxygens (including phenoxy) is 1. The van der Waals surface area contributed by atoms with Crippen LogP contribution in [-0.4, -0.2) is 53.5 Å². The number of tetrazole rings is 1. The van der Waals surface area contributed by atoms with Gasteiger partial charge in [-0.25, -0.2) is 4.68 Å². The Kier molecular flexibility index (Phi) is 4.83. The lowest BCUT2D eigenvalue weighted by molar-refractivity contribution is -0.915. The molecule has 1 aromatic carbocycles. The van der Waals surface area contributed by atoms with Crippen molar-refractivity contribution in [2.24, 2.45) is 0 Å². The van der Waals surface area contributed by atoms with E-state index in [0.29, 0.717) is 6.04 Å². The van der Waals surface area contributed by atoms with Crippen molar-refractivity contribution in [3.63, 3.8) is 0 Å². The summed E-state index contributed by atoms with van der Waals surface area (Å²) in [6.07, 6.45) is 5.05. The van der Waals surface area contributed by atoms with Crippen LogP contribution in [-0.2, 0) is 6.54 Å². The van der Waals surface area contributed by atoms with Crippen molar-refractivity contribution in [3.05, 3.63) is 30.1 Å². The number of methoxy groups -OCH3 is 1. The van der Waals surface area contributed by atoms with Gasteiger partial charge in [-0.15, -0.1) is 5.10 Å². The molecule has 2 heterocycles. The van der Waals surface area contributed by atoms with Crippen molar-refractivity contribution in [2.75, 3.05) is 38.2 Å². The van der Waals surface area contributed by atoms with Gasteiger partial charge < -0.3 is 14.5 Å². The third-order valence-electron chi connectivity index (χ3n) is 5.55. The second-order valence-electron chi connectivity index (χ2n) is 7.09. The molecule has 0 unspecified atom stereocenters. The fraction of sp³-hybridized carbons (Fsp3) is 0.611. The van der Waals surface area contributed by atoms with Crippen molar-refractivity contribution in [1.29, 1.82) is 0 Å². The predicted octanol–water partition coefficient (Wildman–Crippen LogP) is 0.702. The molecule has 1 saturated carbocycles. The van der Waals surface area contributed by atoms with Gasteiger partial charge in [-0.2, -0.15) is 0 Å². The van der Waals surface area contributed by atoms with E-state index in [4.69, 9.17) is 4.74 Å². The molecular formula is C18H27N6O+. The fourth-order valence-corrected chi connectivity index (χ4v) is 4.04. The zero-order valence-electron chi connectivity index (χ0n) is 14.9. The van der Waals surface area contributed by atoms with Crippen molar-refractivity contribution >= 4 is 5.69 Å². The standard InChI is InChI=1S/C18H26N6O/c1-25-17-8-6-15(7-9-17)23-12-10-22(11-13-23)14-18-19-20-21-24(18)16-4-2-3-5-16/h6-9,16H,2-5,10-14H2,1H3/p+1. The summed E-state index contributed by atoms with van der Waals surface area (Å²) in [6.45, 7) is 5.28. The van der Waals surface area contributed by atoms with Crippen LogP contribution in [0.1, 0.15) is 37.5 Å². The number of aromatic nitrogens is 4. The SMILES string of the molecule is COc1ccc(N2CC[NH+](Cc3nnnn3C3CCCC3)CC2)cc1. The Bertz CT molecular complexity index is 671. The first-order chi connectivity index (χ1) is 12.3. The van der Waals surface area contributed by atoms with Gasteiger partial charge in [0.2, 0.25) is 5.82 Å². The summed E-state index contributed by atoms with van der Waals surface area (Å²) in [7, 11) is 1.70. The lowest BCUT2D eigenvalue weighted by atomic mass is 10.2. The molecule has 1 aromatic heterocycles. The molecule has 134 valence electrons. The number of benzene rings is 1. The number of anilines is 1. The van der Waals surface area contributed by atoms with Crippen LogP contribution >= 0.6 is 0 Å². The van der Waals surface area contributed by atoms with Crippen molar-refractivity contribution in [1.82, 2.24) is 20.2 Å². The highest BCUT2D eigenvalue weighted by Crippen LogP contribution is 2.28. The number of quaternary nitrogens is 1. The molecule has 1 N–H and O–H groups in total. The van der Waals surface area contributed by atoms with Gasteiger partial charge in [-0.3, -0.25) is 0 Å². The van der Waals surface area contributed by atoms with Crippen LogP contribution in [0.2, 0.25) is 0 Å². The van der Waals surface area contributed by atoms with E-state index in [2.05, 4.69) is 37.2 Å². The molecule has 0 bridgehead atoms. The second kappa shape index (κ2) is 7.39. The molecule has 2 fully saturated rings. The molecule has 0 spiro atoms. The van der Waals surface area contributed by atoms with Crippen LogP contribution in [0.3, 0.4) is 0 Å². The van der Waals surface area contributed by atoms with Gasteiger partial charge in [0.25, 0.3) is 0 Å². The van der Waals surface area contributed by atoms with E-state index < -0.39 is 0 Å². The lowest BCUT2D eigenvalue weighted by Crippen LogP contribution is -3.13. The summed E-state index contributed by atoms with van der Waals surface area (Å²) in [6, 6.07) is 8.87. The molecule has 25 heavy (non-hydrogen) atoms. The van der Waals surface area contributed by atoms with Gasteiger partial charge >= 0.3 is 0 Å². The molecule has 2 aliphatic rings. The van der Waals surface area contributed by atoms with Crippen LogP contribution in [0, 0.1) is 0 Å². The molecule has 2 aromatic rings. The number of nitrogens with one attached hydrogen (secondary N) is 1. The van der Waals surface area contributed by atoms with Crippen LogP contribution in [0.5, 0.6) is 5.75 Å². The molecule has 0 amide bonds. The molecule has 7 nitrogen and oxygen atoms in total. The van der Waals surface area contributed by atoms with Crippen molar-refractivity contribution in [2.45, 2.75) is 38.3 Å². The minimum atomic E-state index is 0.519. The smallest absolute Gasteiger partial charge is 0.206 e. The molecule has 7 heteroatoms. The molecule has 1 aliphatic heterocycles. The summed E-state index contributed by atoms with van der Waals surface area (Å²) in [5.74, 6) is 1.96. The number of hydrogen-bond acceptors (Lipinski definition) is 5. The molecule has 0 radical (unpaired) electrons. The minimum Gasteiger partial charge on any atom is -0.497 e. The minimum absolute atomic E-state index is 0.519. The Labute approximate surface area is 148 Å². The number of rotatable bonds is 5. The second-order valence-corrected chi connectivity index (χ2v) is 7.09. The van der Waals surface area contributed by atoms with Gasteiger partial charge in [0.1, 0.15) is 12.3 Å². The monoisotopic (exact) mass is 343 g/mol. The van der Waals surface area contributed by atoms with Crippen LogP contribution < -0.4 is 14.5 Å². The summed E-state index contributed by atoms with van der Waals surface area (Å²) in [5, 5.41) is 12.5. The predicted molar refractivity (Wildman–Crippen MR) is 94.9 cm³/mol. The Hall–Kier alpha value is -2.15. The quantitative estimate of drug-likeness (QED) is 0.866. The molecule has 1 saturated heterocycles. The third kappa shape index (κ3) is 3.61. The molecular weight excluding hydrogens is 316 g/mol. The largest absolute Gasteiger partial charge is 0.497 e. The first-order valence-corrected chi connectivity index (χ1v) is 9.33. The van der Waals surface area contributed by atoms with Crippen molar-refractivity contribution in [3.8, 4) is 5.75 Å². The highest BCUT2D eigenvalue weighted by molar-refractivity contribution is 5.49. The number of hydrogen-bond donors (Lipinski definition) is 1. The average Bonchev–Trinajstić information content (AvgIpc) is 3.34. The maximum atomic E-state index is 5.24. The van der Waals surface area contributed by atoms with Gasteiger partial charge in [0.05, 0.1) is 39.3 Å². The Morgan fingerprint density at radius 2 is 1.84 bits per heavy atom. The van der Waals surface area contributed by atoms with Gasteiger partial charge in [-0.1, -0.05) is 12.8 Å². The summed E-state index contributed by atoms with van der Waals surface area (Å²) in [4.78, 5) is 4.02. The zero-order chi connectivity index (χ0) is 17.1. The van der Waals surface area contributed by atoms with Gasteiger partial charge in [-0.05, 0) is 47.5 Å². The summed E-state index contributed by atoms with van der Waals surface area (Å²) < 4.78 is 7.33.